The van der Waals surface area contributed by atoms with E-state index in [0.29, 0.717) is 13.0 Å². The van der Waals surface area contributed by atoms with Crippen molar-refractivity contribution in [1.82, 2.24) is 25.8 Å². The fourth-order valence-corrected chi connectivity index (χ4v) is 6.30. The fraction of sp³-hybridized carbons (Fsp3) is 0.636. The third kappa shape index (κ3) is 10.7. The van der Waals surface area contributed by atoms with Crippen molar-refractivity contribution in [2.45, 2.75) is 110 Å². The second-order valence-electron chi connectivity index (χ2n) is 12.8. The van der Waals surface area contributed by atoms with Crippen LogP contribution >= 0.6 is 11.3 Å². The summed E-state index contributed by atoms with van der Waals surface area (Å²) in [4.78, 5) is 46.8. The number of aryl methyl sites for hydroxylation is 1. The van der Waals surface area contributed by atoms with Crippen LogP contribution in [-0.2, 0) is 20.9 Å². The molecule has 2 aromatic rings. The largest absolute Gasteiger partial charge is 0.391 e. The molecule has 2 heterocycles. The molecule has 0 spiro atoms. The van der Waals surface area contributed by atoms with E-state index in [9.17, 15) is 19.5 Å². The van der Waals surface area contributed by atoms with Crippen LogP contribution in [0.2, 0.25) is 0 Å². The highest BCUT2D eigenvalue weighted by Crippen LogP contribution is 2.28. The second kappa shape index (κ2) is 16.9. The Morgan fingerprint density at radius 1 is 1.05 bits per heavy atom. The third-order valence-electron chi connectivity index (χ3n) is 8.04. The van der Waals surface area contributed by atoms with Crippen LogP contribution in [0, 0.1) is 12.3 Å². The van der Waals surface area contributed by atoms with Gasteiger partial charge in [-0.1, -0.05) is 77.1 Å². The van der Waals surface area contributed by atoms with Gasteiger partial charge in [0.2, 0.25) is 17.7 Å². The topological polar surface area (TPSA) is 124 Å². The van der Waals surface area contributed by atoms with Crippen LogP contribution in [0.15, 0.2) is 29.8 Å². The molecule has 3 amide bonds. The number of β-amino-alcohol motifs (C(OH)–C–C–N with tert-alkyl or cyclic N) is 1. The van der Waals surface area contributed by atoms with Gasteiger partial charge in [0, 0.05) is 25.9 Å². The first-order chi connectivity index (χ1) is 20.5. The van der Waals surface area contributed by atoms with Gasteiger partial charge in [0.25, 0.3) is 0 Å². The first-order valence-corrected chi connectivity index (χ1v) is 16.6. The lowest BCUT2D eigenvalue weighted by Crippen LogP contribution is -2.57. The molecule has 0 radical (unpaired) electrons. The molecule has 3 unspecified atom stereocenters. The molecule has 9 nitrogen and oxygen atoms in total. The Kier molecular flexibility index (Phi) is 13.6. The molecule has 3 rings (SSSR count). The van der Waals surface area contributed by atoms with Crippen LogP contribution in [0.25, 0.3) is 10.4 Å². The minimum absolute atomic E-state index is 0.0661. The lowest BCUT2D eigenvalue weighted by Gasteiger charge is -2.35. The van der Waals surface area contributed by atoms with Crippen LogP contribution in [0.5, 0.6) is 0 Å². The van der Waals surface area contributed by atoms with Crippen LogP contribution in [0.1, 0.15) is 89.8 Å². The predicted molar refractivity (Wildman–Crippen MR) is 173 cm³/mol. The van der Waals surface area contributed by atoms with Gasteiger partial charge in [-0.05, 0) is 49.9 Å². The first kappa shape index (κ1) is 34.7. The summed E-state index contributed by atoms with van der Waals surface area (Å²) >= 11 is 1.59. The molecule has 1 aliphatic rings. The number of hydrogen-bond acceptors (Lipinski definition) is 7. The average molecular weight is 614 g/mol. The summed E-state index contributed by atoms with van der Waals surface area (Å²) in [6.45, 7) is 9.13. The van der Waals surface area contributed by atoms with Crippen LogP contribution in [0.4, 0.5) is 0 Å². The number of benzene rings is 1. The number of aromatic nitrogens is 1. The minimum atomic E-state index is -0.796. The zero-order valence-corrected chi connectivity index (χ0v) is 27.4. The second-order valence-corrected chi connectivity index (χ2v) is 13.6. The maximum Gasteiger partial charge on any atom is 0.246 e. The van der Waals surface area contributed by atoms with E-state index in [-0.39, 0.29) is 30.7 Å². The van der Waals surface area contributed by atoms with Crippen molar-refractivity contribution in [3.05, 3.63) is 41.0 Å². The Labute approximate surface area is 261 Å². The van der Waals surface area contributed by atoms with Gasteiger partial charge in [0.05, 0.1) is 22.2 Å². The van der Waals surface area contributed by atoms with E-state index < -0.39 is 23.6 Å². The van der Waals surface area contributed by atoms with E-state index in [0.717, 1.165) is 47.5 Å². The smallest absolute Gasteiger partial charge is 0.246 e. The number of thiazole rings is 1. The number of nitrogens with one attached hydrogen (secondary N) is 3. The van der Waals surface area contributed by atoms with Crippen molar-refractivity contribution in [2.24, 2.45) is 5.41 Å². The van der Waals surface area contributed by atoms with Crippen molar-refractivity contribution in [2.75, 3.05) is 20.1 Å². The lowest BCUT2D eigenvalue weighted by atomic mass is 9.85. The molecule has 1 saturated heterocycles. The summed E-state index contributed by atoms with van der Waals surface area (Å²) in [5, 5.41) is 19.5. The summed E-state index contributed by atoms with van der Waals surface area (Å²) in [6.07, 6.45) is 7.42. The number of unbranched alkanes of at least 4 members (excludes halogenated alkanes) is 6. The van der Waals surface area contributed by atoms with Gasteiger partial charge < -0.3 is 26.0 Å². The Morgan fingerprint density at radius 2 is 1.70 bits per heavy atom. The molecule has 0 bridgehead atoms. The summed E-state index contributed by atoms with van der Waals surface area (Å²) in [7, 11) is 1.97. The molecule has 4 N–H and O–H groups in total. The number of carbonyl (C=O) groups is 3. The molecule has 1 aliphatic heterocycles. The summed E-state index contributed by atoms with van der Waals surface area (Å²) < 4.78 is 0. The SMILES string of the molecule is CNCCCCCCCCCC(=O)NC(C(=O)N1CC(O)CC1C(=O)NCc1ccc(-c2scnc2C)cc1)C(C)(C)C. The van der Waals surface area contributed by atoms with Crippen molar-refractivity contribution in [3.8, 4) is 10.4 Å². The Balaban J connectivity index is 1.52. The number of likely N-dealkylation sites (tertiary alicyclic amines) is 1. The standard InChI is InChI=1S/C33H51N5O4S/c1-23-29(43-22-36-23)25-16-14-24(15-17-25)20-35-31(41)27-19-26(39)21-38(27)32(42)30(33(2,3)4)37-28(40)13-11-9-7-6-8-10-12-18-34-5/h14-17,22,26-27,30,34,39H,6-13,18-21H2,1-5H3,(H,35,41)(H,37,40). The number of carbonyl (C=O) groups excluding carboxylic acids is 3. The highest BCUT2D eigenvalue weighted by atomic mass is 32.1. The molecule has 43 heavy (non-hydrogen) atoms. The van der Waals surface area contributed by atoms with Gasteiger partial charge in [-0.2, -0.15) is 0 Å². The van der Waals surface area contributed by atoms with Crippen molar-refractivity contribution < 1.29 is 19.5 Å². The van der Waals surface area contributed by atoms with Crippen molar-refractivity contribution >= 4 is 29.1 Å². The molecular formula is C33H51N5O4S. The molecule has 238 valence electrons. The number of nitrogens with zero attached hydrogens (tertiary/aromatic N) is 2. The molecule has 3 atom stereocenters. The zero-order valence-electron chi connectivity index (χ0n) is 26.6. The van der Waals surface area contributed by atoms with E-state index in [1.807, 2.05) is 64.5 Å². The summed E-state index contributed by atoms with van der Waals surface area (Å²) in [5.41, 5.74) is 4.27. The van der Waals surface area contributed by atoms with Crippen molar-refractivity contribution in [3.63, 3.8) is 0 Å². The summed E-state index contributed by atoms with van der Waals surface area (Å²) in [5.74, 6) is -0.791. The Bertz CT molecular complexity index is 1180. The molecular weight excluding hydrogens is 562 g/mol. The third-order valence-corrected chi connectivity index (χ3v) is 9.02. The number of hydrogen-bond donors (Lipinski definition) is 4. The average Bonchev–Trinajstić information content (AvgIpc) is 3.58. The first-order valence-electron chi connectivity index (χ1n) is 15.7. The molecule has 1 fully saturated rings. The fourth-order valence-electron chi connectivity index (χ4n) is 5.48. The van der Waals surface area contributed by atoms with E-state index in [1.165, 1.54) is 30.6 Å². The van der Waals surface area contributed by atoms with Crippen LogP contribution in [0.3, 0.4) is 0 Å². The highest BCUT2D eigenvalue weighted by molar-refractivity contribution is 7.13. The normalized spacial score (nSPS) is 17.6. The number of rotatable bonds is 16. The molecule has 0 saturated carbocycles. The Morgan fingerprint density at radius 3 is 2.30 bits per heavy atom. The van der Waals surface area contributed by atoms with E-state index in [2.05, 4.69) is 20.9 Å². The molecule has 0 aliphatic carbocycles. The molecule has 1 aromatic heterocycles. The predicted octanol–water partition coefficient (Wildman–Crippen LogP) is 4.57. The number of aliphatic hydroxyl groups is 1. The van der Waals surface area contributed by atoms with Crippen LogP contribution < -0.4 is 16.0 Å². The molecule has 10 heteroatoms. The molecule has 1 aromatic carbocycles. The summed E-state index contributed by atoms with van der Waals surface area (Å²) in [6, 6.07) is 6.38. The van der Waals surface area contributed by atoms with Gasteiger partial charge in [0.1, 0.15) is 12.1 Å². The van der Waals surface area contributed by atoms with Gasteiger partial charge >= 0.3 is 0 Å². The monoisotopic (exact) mass is 613 g/mol. The van der Waals surface area contributed by atoms with Gasteiger partial charge in [-0.25, -0.2) is 4.98 Å². The number of aliphatic hydroxyl groups excluding tert-OH is 1. The van der Waals surface area contributed by atoms with E-state index in [4.69, 9.17) is 0 Å². The van der Waals surface area contributed by atoms with Crippen LogP contribution in [-0.4, -0.2) is 71.0 Å². The van der Waals surface area contributed by atoms with E-state index >= 15 is 0 Å². The lowest BCUT2D eigenvalue weighted by molar-refractivity contribution is -0.144. The maximum absolute atomic E-state index is 13.8. The van der Waals surface area contributed by atoms with Gasteiger partial charge in [0.15, 0.2) is 0 Å². The van der Waals surface area contributed by atoms with Gasteiger partial charge in [-0.15, -0.1) is 11.3 Å². The quantitative estimate of drug-likeness (QED) is 0.206. The highest BCUT2D eigenvalue weighted by Gasteiger charge is 2.44. The van der Waals surface area contributed by atoms with Crippen molar-refractivity contribution in [1.29, 1.82) is 0 Å². The number of amides is 3. The van der Waals surface area contributed by atoms with Gasteiger partial charge in [-0.3, -0.25) is 14.4 Å². The maximum atomic E-state index is 13.8. The minimum Gasteiger partial charge on any atom is -0.391 e. The Hall–Kier alpha value is -2.82. The van der Waals surface area contributed by atoms with E-state index in [1.54, 1.807) is 11.3 Å². The zero-order chi connectivity index (χ0) is 31.4.